The number of nitrogens with one attached hydrogen (secondary N) is 2. The molecule has 0 bridgehead atoms. The number of hydrogen-bond acceptors (Lipinski definition) is 2. The molecule has 2 N–H and O–H groups in total. The normalized spacial score (nSPS) is 12.3. The number of carbonyl (C=O) groups is 1. The molecule has 1 rings (SSSR count). The third-order valence-electron chi connectivity index (χ3n) is 3.09. The summed E-state index contributed by atoms with van der Waals surface area (Å²) in [6, 6.07) is 1.02. The van der Waals surface area contributed by atoms with Crippen LogP contribution >= 0.6 is 0 Å². The third kappa shape index (κ3) is 4.15. The minimum Gasteiger partial charge on any atom is -0.374 e. The van der Waals surface area contributed by atoms with Crippen molar-refractivity contribution in [1.82, 2.24) is 5.32 Å². The van der Waals surface area contributed by atoms with E-state index < -0.39 is 23.5 Å². The van der Waals surface area contributed by atoms with Crippen LogP contribution < -0.4 is 10.6 Å². The lowest BCUT2D eigenvalue weighted by atomic mass is 10.1. The van der Waals surface area contributed by atoms with Crippen molar-refractivity contribution < 1.29 is 18.0 Å². The van der Waals surface area contributed by atoms with Crippen LogP contribution in [0.2, 0.25) is 0 Å². The first-order valence-electron chi connectivity index (χ1n) is 6.60. The number of rotatable bonds is 6. The van der Waals surface area contributed by atoms with Gasteiger partial charge in [-0.3, -0.25) is 4.79 Å². The molecular formula is C14H19F3N2O. The smallest absolute Gasteiger partial charge is 0.242 e. The second kappa shape index (κ2) is 7.17. The molecule has 0 saturated carbocycles. The Morgan fingerprint density at radius 2 is 1.65 bits per heavy atom. The molecule has 0 heterocycles. The molecule has 0 aliphatic rings. The maximum absolute atomic E-state index is 13.1. The minimum absolute atomic E-state index is 0.0218. The van der Waals surface area contributed by atoms with Crippen LogP contribution in [0.1, 0.15) is 33.6 Å². The Morgan fingerprint density at radius 1 is 1.15 bits per heavy atom. The molecule has 3 nitrogen and oxygen atoms in total. The van der Waals surface area contributed by atoms with E-state index >= 15 is 0 Å². The molecule has 1 aromatic carbocycles. The van der Waals surface area contributed by atoms with Crippen LogP contribution in [0.5, 0.6) is 0 Å². The van der Waals surface area contributed by atoms with E-state index in [-0.39, 0.29) is 17.6 Å². The molecule has 6 heteroatoms. The highest BCUT2D eigenvalue weighted by molar-refractivity contribution is 5.84. The fraction of sp³-hybridized carbons (Fsp3) is 0.500. The van der Waals surface area contributed by atoms with Gasteiger partial charge >= 0.3 is 0 Å². The SMILES string of the molecule is CCC(CC)NC(=O)C(C)Nc1cc(F)c(F)c(F)c1. The van der Waals surface area contributed by atoms with Gasteiger partial charge in [-0.2, -0.15) is 0 Å². The summed E-state index contributed by atoms with van der Waals surface area (Å²) in [6.45, 7) is 5.48. The molecule has 1 amide bonds. The Hall–Kier alpha value is -1.72. The summed E-state index contributed by atoms with van der Waals surface area (Å²) in [5, 5.41) is 5.46. The maximum atomic E-state index is 13.1. The average Bonchev–Trinajstić information content (AvgIpc) is 2.41. The Morgan fingerprint density at radius 3 is 2.10 bits per heavy atom. The van der Waals surface area contributed by atoms with Gasteiger partial charge in [0.05, 0.1) is 0 Å². The van der Waals surface area contributed by atoms with Gasteiger partial charge in [-0.1, -0.05) is 13.8 Å². The predicted molar refractivity (Wildman–Crippen MR) is 71.9 cm³/mol. The van der Waals surface area contributed by atoms with Gasteiger partial charge in [0.15, 0.2) is 17.5 Å². The topological polar surface area (TPSA) is 41.1 Å². The van der Waals surface area contributed by atoms with E-state index in [1.807, 2.05) is 13.8 Å². The van der Waals surface area contributed by atoms with E-state index in [0.717, 1.165) is 25.0 Å². The Balaban J connectivity index is 2.70. The van der Waals surface area contributed by atoms with Crippen molar-refractivity contribution in [1.29, 1.82) is 0 Å². The minimum atomic E-state index is -1.52. The molecule has 0 radical (unpaired) electrons. The van der Waals surface area contributed by atoms with Crippen LogP contribution in [0.25, 0.3) is 0 Å². The summed E-state index contributed by atoms with van der Waals surface area (Å²) >= 11 is 0. The van der Waals surface area contributed by atoms with Crippen molar-refractivity contribution in [3.63, 3.8) is 0 Å². The average molecular weight is 288 g/mol. The molecule has 0 spiro atoms. The molecule has 0 saturated heterocycles. The summed E-state index contributed by atoms with van der Waals surface area (Å²) in [7, 11) is 0. The van der Waals surface area contributed by atoms with E-state index in [0.29, 0.717) is 0 Å². The maximum Gasteiger partial charge on any atom is 0.242 e. The first kappa shape index (κ1) is 16.3. The predicted octanol–water partition coefficient (Wildman–Crippen LogP) is 3.21. The molecular weight excluding hydrogens is 269 g/mol. The van der Waals surface area contributed by atoms with Crippen LogP contribution in [0.4, 0.5) is 18.9 Å². The first-order chi connectivity index (χ1) is 9.38. The molecule has 112 valence electrons. The van der Waals surface area contributed by atoms with E-state index in [4.69, 9.17) is 0 Å². The van der Waals surface area contributed by atoms with Crippen LogP contribution in [0.3, 0.4) is 0 Å². The van der Waals surface area contributed by atoms with Gasteiger partial charge in [-0.25, -0.2) is 13.2 Å². The zero-order valence-corrected chi connectivity index (χ0v) is 11.8. The lowest BCUT2D eigenvalue weighted by Gasteiger charge is -2.20. The second-order valence-corrected chi connectivity index (χ2v) is 4.64. The van der Waals surface area contributed by atoms with Gasteiger partial charge < -0.3 is 10.6 Å². The summed E-state index contributed by atoms with van der Waals surface area (Å²) in [4.78, 5) is 11.9. The number of halogens is 3. The summed E-state index contributed by atoms with van der Waals surface area (Å²) in [6.07, 6.45) is 1.60. The van der Waals surface area contributed by atoms with Gasteiger partial charge in [0.1, 0.15) is 6.04 Å². The van der Waals surface area contributed by atoms with Crippen LogP contribution in [0, 0.1) is 17.5 Å². The summed E-state index contributed by atoms with van der Waals surface area (Å²) in [5.41, 5.74) is 0.0218. The van der Waals surface area contributed by atoms with Gasteiger partial charge in [-0.15, -0.1) is 0 Å². The van der Waals surface area contributed by atoms with Gasteiger partial charge in [0, 0.05) is 23.9 Å². The van der Waals surface area contributed by atoms with Crippen molar-refractivity contribution in [2.24, 2.45) is 0 Å². The van der Waals surface area contributed by atoms with E-state index in [1.165, 1.54) is 0 Å². The van der Waals surface area contributed by atoms with Crippen LogP contribution in [-0.2, 0) is 4.79 Å². The van der Waals surface area contributed by atoms with Gasteiger partial charge in [0.2, 0.25) is 5.91 Å². The van der Waals surface area contributed by atoms with E-state index in [9.17, 15) is 18.0 Å². The Labute approximate surface area is 116 Å². The zero-order valence-electron chi connectivity index (χ0n) is 11.8. The van der Waals surface area contributed by atoms with E-state index in [1.54, 1.807) is 6.92 Å². The number of carbonyl (C=O) groups excluding carboxylic acids is 1. The molecule has 1 aromatic rings. The van der Waals surface area contributed by atoms with E-state index in [2.05, 4.69) is 10.6 Å². The summed E-state index contributed by atoms with van der Waals surface area (Å²) in [5.74, 6) is -4.38. The van der Waals surface area contributed by atoms with Crippen molar-refractivity contribution >= 4 is 11.6 Å². The van der Waals surface area contributed by atoms with Crippen molar-refractivity contribution in [2.45, 2.75) is 45.7 Å². The second-order valence-electron chi connectivity index (χ2n) is 4.64. The molecule has 0 aliphatic carbocycles. The van der Waals surface area contributed by atoms with Crippen LogP contribution in [0.15, 0.2) is 12.1 Å². The molecule has 1 unspecified atom stereocenters. The van der Waals surface area contributed by atoms with Crippen molar-refractivity contribution in [3.8, 4) is 0 Å². The summed E-state index contributed by atoms with van der Waals surface area (Å²) < 4.78 is 38.9. The van der Waals surface area contributed by atoms with Crippen LogP contribution in [-0.4, -0.2) is 18.0 Å². The lowest BCUT2D eigenvalue weighted by molar-refractivity contribution is -0.122. The Bertz CT molecular complexity index is 452. The molecule has 0 fully saturated rings. The van der Waals surface area contributed by atoms with Gasteiger partial charge in [-0.05, 0) is 19.8 Å². The van der Waals surface area contributed by atoms with Gasteiger partial charge in [0.25, 0.3) is 0 Å². The Kier molecular flexibility index (Phi) is 5.85. The molecule has 20 heavy (non-hydrogen) atoms. The number of anilines is 1. The highest BCUT2D eigenvalue weighted by atomic mass is 19.2. The first-order valence-corrected chi connectivity index (χ1v) is 6.60. The molecule has 1 atom stereocenters. The van der Waals surface area contributed by atoms with Crippen molar-refractivity contribution in [3.05, 3.63) is 29.6 Å². The van der Waals surface area contributed by atoms with Crippen molar-refractivity contribution in [2.75, 3.05) is 5.32 Å². The third-order valence-corrected chi connectivity index (χ3v) is 3.09. The highest BCUT2D eigenvalue weighted by Crippen LogP contribution is 2.18. The largest absolute Gasteiger partial charge is 0.374 e. The standard InChI is InChI=1S/C14H19F3N2O/c1-4-9(5-2)19-14(20)8(3)18-10-6-11(15)13(17)12(16)7-10/h6-9,18H,4-5H2,1-3H3,(H,19,20). The number of benzene rings is 1. The fourth-order valence-electron chi connectivity index (χ4n) is 1.77. The molecule has 0 aromatic heterocycles. The number of amides is 1. The fourth-order valence-corrected chi connectivity index (χ4v) is 1.77. The highest BCUT2D eigenvalue weighted by Gasteiger charge is 2.17. The number of hydrogen-bond donors (Lipinski definition) is 2. The molecule has 0 aliphatic heterocycles. The lowest BCUT2D eigenvalue weighted by Crippen LogP contribution is -2.42. The quantitative estimate of drug-likeness (QED) is 0.789. The monoisotopic (exact) mass is 288 g/mol. The zero-order chi connectivity index (χ0) is 15.3.